The number of nitrogens with zero attached hydrogens (tertiary/aromatic N) is 2. The fourth-order valence-corrected chi connectivity index (χ4v) is 2.86. The van der Waals surface area contributed by atoms with Crippen LogP contribution in [-0.2, 0) is 0 Å². The highest BCUT2D eigenvalue weighted by molar-refractivity contribution is 5.55. The van der Waals surface area contributed by atoms with Crippen molar-refractivity contribution in [1.29, 1.82) is 0 Å². The summed E-state index contributed by atoms with van der Waals surface area (Å²) in [7, 11) is 4.20. The molecule has 1 heterocycles. The predicted octanol–water partition coefficient (Wildman–Crippen LogP) is 2.38. The zero-order valence-electron chi connectivity index (χ0n) is 12.1. The minimum atomic E-state index is -0.287. The van der Waals surface area contributed by atoms with E-state index in [1.54, 1.807) is 6.07 Å². The summed E-state index contributed by atoms with van der Waals surface area (Å²) in [6.45, 7) is 4.03. The average molecular weight is 265 g/mol. The van der Waals surface area contributed by atoms with Crippen molar-refractivity contribution in [3.8, 4) is 0 Å². The van der Waals surface area contributed by atoms with Crippen molar-refractivity contribution >= 4 is 5.69 Å². The standard InChI is InChI=1S/C15H24FN3/c1-11(17)15-13(16)5-4-6-14(15)19(3)12-7-9-18(2)10-8-12/h4-6,11-12H,7-10,17H2,1-3H3. The van der Waals surface area contributed by atoms with E-state index in [0.29, 0.717) is 11.6 Å². The van der Waals surface area contributed by atoms with Crippen LogP contribution in [0.4, 0.5) is 10.1 Å². The second-order valence-electron chi connectivity index (χ2n) is 5.61. The zero-order chi connectivity index (χ0) is 14.0. The second kappa shape index (κ2) is 5.88. The van der Waals surface area contributed by atoms with E-state index in [2.05, 4.69) is 23.9 Å². The van der Waals surface area contributed by atoms with Gasteiger partial charge in [-0.2, -0.15) is 0 Å². The molecular weight excluding hydrogens is 241 g/mol. The molecule has 1 atom stereocenters. The molecule has 19 heavy (non-hydrogen) atoms. The molecule has 0 aliphatic carbocycles. The Morgan fingerprint density at radius 3 is 2.58 bits per heavy atom. The Hall–Kier alpha value is -1.13. The van der Waals surface area contributed by atoms with E-state index in [-0.39, 0.29) is 11.9 Å². The quantitative estimate of drug-likeness (QED) is 0.910. The molecule has 1 unspecified atom stereocenters. The number of anilines is 1. The van der Waals surface area contributed by atoms with E-state index in [9.17, 15) is 4.39 Å². The van der Waals surface area contributed by atoms with Crippen LogP contribution in [0.15, 0.2) is 18.2 Å². The molecule has 1 aliphatic rings. The van der Waals surface area contributed by atoms with Gasteiger partial charge in [-0.1, -0.05) is 6.07 Å². The molecule has 4 heteroatoms. The van der Waals surface area contributed by atoms with Gasteiger partial charge in [0.25, 0.3) is 0 Å². The SMILES string of the molecule is CC(N)c1c(F)cccc1N(C)C1CCN(C)CC1. The lowest BCUT2D eigenvalue weighted by Gasteiger charge is -2.37. The third-order valence-corrected chi connectivity index (χ3v) is 4.10. The van der Waals surface area contributed by atoms with Crippen LogP contribution in [0.5, 0.6) is 0 Å². The summed E-state index contributed by atoms with van der Waals surface area (Å²) >= 11 is 0. The summed E-state index contributed by atoms with van der Waals surface area (Å²) in [6.07, 6.45) is 2.23. The number of hydrogen-bond acceptors (Lipinski definition) is 3. The molecule has 0 aromatic heterocycles. The minimum Gasteiger partial charge on any atom is -0.371 e. The summed E-state index contributed by atoms with van der Waals surface area (Å²) in [6, 6.07) is 5.41. The number of benzene rings is 1. The molecule has 0 bridgehead atoms. The lowest BCUT2D eigenvalue weighted by Crippen LogP contribution is -2.42. The van der Waals surface area contributed by atoms with Crippen molar-refractivity contribution in [2.24, 2.45) is 5.73 Å². The maximum absolute atomic E-state index is 14.0. The third kappa shape index (κ3) is 3.07. The van der Waals surface area contributed by atoms with Crippen LogP contribution >= 0.6 is 0 Å². The van der Waals surface area contributed by atoms with E-state index in [1.165, 1.54) is 6.07 Å². The molecule has 1 aromatic rings. The molecule has 1 aliphatic heterocycles. The first-order chi connectivity index (χ1) is 9.00. The highest BCUT2D eigenvalue weighted by Crippen LogP contribution is 2.30. The average Bonchev–Trinajstić information content (AvgIpc) is 2.38. The van der Waals surface area contributed by atoms with Crippen LogP contribution in [0.25, 0.3) is 0 Å². The Labute approximate surface area is 115 Å². The van der Waals surface area contributed by atoms with Gasteiger partial charge in [-0.3, -0.25) is 0 Å². The number of piperidine rings is 1. The zero-order valence-corrected chi connectivity index (χ0v) is 12.1. The van der Waals surface area contributed by atoms with Gasteiger partial charge in [0.2, 0.25) is 0 Å². The van der Waals surface area contributed by atoms with Gasteiger partial charge in [-0.05, 0) is 52.0 Å². The van der Waals surface area contributed by atoms with E-state index in [0.717, 1.165) is 31.6 Å². The van der Waals surface area contributed by atoms with Gasteiger partial charge >= 0.3 is 0 Å². The molecule has 2 rings (SSSR count). The van der Waals surface area contributed by atoms with E-state index in [1.807, 2.05) is 13.0 Å². The minimum absolute atomic E-state index is 0.202. The maximum Gasteiger partial charge on any atom is 0.130 e. The predicted molar refractivity (Wildman–Crippen MR) is 77.9 cm³/mol. The molecule has 1 saturated heterocycles. The molecule has 1 aromatic carbocycles. The Balaban J connectivity index is 2.23. The Morgan fingerprint density at radius 2 is 2.00 bits per heavy atom. The van der Waals surface area contributed by atoms with Crippen LogP contribution in [0, 0.1) is 5.82 Å². The molecule has 0 amide bonds. The van der Waals surface area contributed by atoms with Crippen molar-refractivity contribution in [2.75, 3.05) is 32.1 Å². The number of likely N-dealkylation sites (tertiary alicyclic amines) is 1. The van der Waals surface area contributed by atoms with Gasteiger partial charge in [-0.15, -0.1) is 0 Å². The molecule has 0 spiro atoms. The smallest absolute Gasteiger partial charge is 0.130 e. The monoisotopic (exact) mass is 265 g/mol. The fourth-order valence-electron chi connectivity index (χ4n) is 2.86. The van der Waals surface area contributed by atoms with E-state index >= 15 is 0 Å². The lowest BCUT2D eigenvalue weighted by molar-refractivity contribution is 0.252. The summed E-state index contributed by atoms with van der Waals surface area (Å²) in [5.41, 5.74) is 7.49. The molecular formula is C15H24FN3. The van der Waals surface area contributed by atoms with Crippen molar-refractivity contribution in [3.63, 3.8) is 0 Å². The van der Waals surface area contributed by atoms with Gasteiger partial charge < -0.3 is 15.5 Å². The van der Waals surface area contributed by atoms with E-state index in [4.69, 9.17) is 5.73 Å². The summed E-state index contributed by atoms with van der Waals surface area (Å²) in [4.78, 5) is 4.54. The Morgan fingerprint density at radius 1 is 1.37 bits per heavy atom. The van der Waals surface area contributed by atoms with E-state index < -0.39 is 0 Å². The summed E-state index contributed by atoms with van der Waals surface area (Å²) in [5, 5.41) is 0. The van der Waals surface area contributed by atoms with Crippen molar-refractivity contribution in [1.82, 2.24) is 4.90 Å². The first-order valence-electron chi connectivity index (χ1n) is 6.96. The van der Waals surface area contributed by atoms with Crippen LogP contribution in [0.2, 0.25) is 0 Å². The van der Waals surface area contributed by atoms with Crippen LogP contribution < -0.4 is 10.6 Å². The largest absolute Gasteiger partial charge is 0.371 e. The van der Waals surface area contributed by atoms with Crippen LogP contribution in [-0.4, -0.2) is 38.1 Å². The van der Waals surface area contributed by atoms with Gasteiger partial charge in [0, 0.05) is 30.4 Å². The fraction of sp³-hybridized carbons (Fsp3) is 0.600. The summed E-state index contributed by atoms with van der Waals surface area (Å²) < 4.78 is 14.0. The first-order valence-corrected chi connectivity index (χ1v) is 6.96. The summed E-state index contributed by atoms with van der Waals surface area (Å²) in [5.74, 6) is -0.202. The number of halogens is 1. The first kappa shape index (κ1) is 14.3. The normalized spacial score (nSPS) is 19.4. The third-order valence-electron chi connectivity index (χ3n) is 4.10. The molecule has 106 valence electrons. The van der Waals surface area contributed by atoms with Crippen molar-refractivity contribution < 1.29 is 4.39 Å². The molecule has 1 fully saturated rings. The Bertz CT molecular complexity index is 425. The van der Waals surface area contributed by atoms with Gasteiger partial charge in [-0.25, -0.2) is 4.39 Å². The van der Waals surface area contributed by atoms with Crippen molar-refractivity contribution in [3.05, 3.63) is 29.6 Å². The number of hydrogen-bond donors (Lipinski definition) is 1. The van der Waals surface area contributed by atoms with Crippen molar-refractivity contribution in [2.45, 2.75) is 31.8 Å². The molecule has 3 nitrogen and oxygen atoms in total. The highest BCUT2D eigenvalue weighted by Gasteiger charge is 2.24. The lowest BCUT2D eigenvalue weighted by atomic mass is 10.00. The highest BCUT2D eigenvalue weighted by atomic mass is 19.1. The number of rotatable bonds is 3. The van der Waals surface area contributed by atoms with Gasteiger partial charge in [0.05, 0.1) is 0 Å². The van der Waals surface area contributed by atoms with Gasteiger partial charge in [0.1, 0.15) is 5.82 Å². The molecule has 0 radical (unpaired) electrons. The molecule has 0 saturated carbocycles. The number of nitrogens with two attached hydrogens (primary N) is 1. The molecule has 2 N–H and O–H groups in total. The van der Waals surface area contributed by atoms with Crippen LogP contribution in [0.1, 0.15) is 31.4 Å². The topological polar surface area (TPSA) is 32.5 Å². The Kier molecular flexibility index (Phi) is 4.42. The second-order valence-corrected chi connectivity index (χ2v) is 5.61. The maximum atomic E-state index is 14.0. The van der Waals surface area contributed by atoms with Gasteiger partial charge in [0.15, 0.2) is 0 Å². The van der Waals surface area contributed by atoms with Crippen LogP contribution in [0.3, 0.4) is 0 Å².